The Morgan fingerprint density at radius 2 is 2.06 bits per heavy atom. The molecule has 2 rings (SSSR count). The quantitative estimate of drug-likeness (QED) is 0.843. The zero-order chi connectivity index (χ0) is 12.6. The SMILES string of the molecule is CS(=O)(=O)c1ccc(-c2cc(N)n[nH]2)cc1F. The van der Waals surface area contributed by atoms with Crippen molar-refractivity contribution < 1.29 is 12.8 Å². The number of halogens is 1. The number of hydrogen-bond donors (Lipinski definition) is 2. The molecule has 0 aliphatic carbocycles. The minimum atomic E-state index is -3.55. The second kappa shape index (κ2) is 3.85. The van der Waals surface area contributed by atoms with Crippen LogP contribution < -0.4 is 5.73 Å². The van der Waals surface area contributed by atoms with Crippen molar-refractivity contribution in [2.45, 2.75) is 4.90 Å². The molecule has 0 amide bonds. The number of anilines is 1. The number of aromatic amines is 1. The summed E-state index contributed by atoms with van der Waals surface area (Å²) in [4.78, 5) is -0.325. The van der Waals surface area contributed by atoms with E-state index in [0.29, 0.717) is 11.3 Å². The number of nitrogens with zero attached hydrogens (tertiary/aromatic N) is 1. The number of rotatable bonds is 2. The summed E-state index contributed by atoms with van der Waals surface area (Å²) in [5, 5.41) is 6.32. The second-order valence-corrected chi connectivity index (χ2v) is 5.61. The average Bonchev–Trinajstić information content (AvgIpc) is 2.62. The molecule has 0 unspecified atom stereocenters. The number of benzene rings is 1. The van der Waals surface area contributed by atoms with E-state index >= 15 is 0 Å². The third kappa shape index (κ3) is 2.28. The minimum absolute atomic E-state index is 0.285. The van der Waals surface area contributed by atoms with Crippen LogP contribution in [0.3, 0.4) is 0 Å². The van der Waals surface area contributed by atoms with Crippen molar-refractivity contribution in [2.24, 2.45) is 0 Å². The minimum Gasteiger partial charge on any atom is -0.382 e. The van der Waals surface area contributed by atoms with Crippen LogP contribution in [0.15, 0.2) is 29.2 Å². The molecule has 0 saturated carbocycles. The number of nitrogens with two attached hydrogens (primary N) is 1. The van der Waals surface area contributed by atoms with Crippen molar-refractivity contribution in [1.82, 2.24) is 10.2 Å². The van der Waals surface area contributed by atoms with E-state index < -0.39 is 15.7 Å². The number of H-pyrrole nitrogens is 1. The van der Waals surface area contributed by atoms with E-state index in [1.807, 2.05) is 0 Å². The summed E-state index contributed by atoms with van der Waals surface area (Å²) in [6.45, 7) is 0. The molecule has 7 heteroatoms. The Balaban J connectivity index is 2.52. The first-order chi connectivity index (χ1) is 7.88. The molecular formula is C10H10FN3O2S. The van der Waals surface area contributed by atoms with Crippen molar-refractivity contribution >= 4 is 15.7 Å². The van der Waals surface area contributed by atoms with Crippen LogP contribution in [0.2, 0.25) is 0 Å². The molecule has 5 nitrogen and oxygen atoms in total. The average molecular weight is 255 g/mol. The third-order valence-corrected chi connectivity index (χ3v) is 3.37. The maximum absolute atomic E-state index is 13.6. The van der Waals surface area contributed by atoms with Gasteiger partial charge in [-0.05, 0) is 12.1 Å². The van der Waals surface area contributed by atoms with Gasteiger partial charge >= 0.3 is 0 Å². The van der Waals surface area contributed by atoms with Gasteiger partial charge in [-0.3, -0.25) is 5.10 Å². The van der Waals surface area contributed by atoms with E-state index in [1.165, 1.54) is 18.2 Å². The Labute approximate surface area is 97.4 Å². The highest BCUT2D eigenvalue weighted by atomic mass is 32.2. The van der Waals surface area contributed by atoms with Crippen LogP contribution >= 0.6 is 0 Å². The third-order valence-electron chi connectivity index (χ3n) is 2.24. The van der Waals surface area contributed by atoms with Crippen LogP contribution in [-0.4, -0.2) is 24.9 Å². The van der Waals surface area contributed by atoms with Crippen molar-refractivity contribution in [3.05, 3.63) is 30.1 Å². The Hall–Kier alpha value is -1.89. The highest BCUT2D eigenvalue weighted by molar-refractivity contribution is 7.90. The van der Waals surface area contributed by atoms with Crippen LogP contribution in [0.5, 0.6) is 0 Å². The maximum atomic E-state index is 13.6. The van der Waals surface area contributed by atoms with E-state index in [-0.39, 0.29) is 10.7 Å². The van der Waals surface area contributed by atoms with Crippen LogP contribution in [0, 0.1) is 5.82 Å². The van der Waals surface area contributed by atoms with E-state index in [2.05, 4.69) is 10.2 Å². The van der Waals surface area contributed by atoms with Crippen molar-refractivity contribution in [1.29, 1.82) is 0 Å². The second-order valence-electron chi connectivity index (χ2n) is 3.62. The molecule has 1 heterocycles. The van der Waals surface area contributed by atoms with Gasteiger partial charge in [-0.2, -0.15) is 5.10 Å². The standard InChI is InChI=1S/C10H10FN3O2S/c1-17(15,16)9-3-2-6(4-7(9)11)8-5-10(12)14-13-8/h2-5H,1H3,(H3,12,13,14). The van der Waals surface area contributed by atoms with E-state index in [0.717, 1.165) is 12.3 Å². The predicted octanol–water partition coefficient (Wildman–Crippen LogP) is 1.20. The fourth-order valence-electron chi connectivity index (χ4n) is 1.45. The summed E-state index contributed by atoms with van der Waals surface area (Å²) in [5.74, 6) is -0.509. The van der Waals surface area contributed by atoms with Crippen LogP contribution in [-0.2, 0) is 9.84 Å². The zero-order valence-electron chi connectivity index (χ0n) is 8.94. The smallest absolute Gasteiger partial charge is 0.178 e. The zero-order valence-corrected chi connectivity index (χ0v) is 9.75. The van der Waals surface area contributed by atoms with Gasteiger partial charge in [0.15, 0.2) is 9.84 Å². The summed E-state index contributed by atoms with van der Waals surface area (Å²) in [6, 6.07) is 5.38. The molecule has 2 aromatic rings. The van der Waals surface area contributed by atoms with Gasteiger partial charge in [0, 0.05) is 17.9 Å². The van der Waals surface area contributed by atoms with Gasteiger partial charge in [-0.25, -0.2) is 12.8 Å². The number of aromatic nitrogens is 2. The maximum Gasteiger partial charge on any atom is 0.178 e. The molecule has 90 valence electrons. The molecule has 0 fully saturated rings. The monoisotopic (exact) mass is 255 g/mol. The van der Waals surface area contributed by atoms with Gasteiger partial charge in [0.1, 0.15) is 16.5 Å². The van der Waals surface area contributed by atoms with Gasteiger partial charge < -0.3 is 5.73 Å². The largest absolute Gasteiger partial charge is 0.382 e. The summed E-state index contributed by atoms with van der Waals surface area (Å²) < 4.78 is 36.0. The topological polar surface area (TPSA) is 88.8 Å². The Morgan fingerprint density at radius 1 is 1.35 bits per heavy atom. The van der Waals surface area contributed by atoms with Crippen molar-refractivity contribution in [3.8, 4) is 11.3 Å². The number of nitrogens with one attached hydrogen (secondary N) is 1. The normalized spacial score (nSPS) is 11.6. The molecular weight excluding hydrogens is 245 g/mol. The lowest BCUT2D eigenvalue weighted by atomic mass is 10.1. The van der Waals surface area contributed by atoms with E-state index in [1.54, 1.807) is 0 Å². The first kappa shape index (κ1) is 11.6. The Kier molecular flexibility index (Phi) is 2.62. The lowest BCUT2D eigenvalue weighted by Gasteiger charge is -2.02. The first-order valence-corrected chi connectivity index (χ1v) is 6.58. The number of hydrogen-bond acceptors (Lipinski definition) is 4. The highest BCUT2D eigenvalue weighted by Gasteiger charge is 2.14. The molecule has 0 atom stereocenters. The summed E-state index contributed by atoms with van der Waals surface area (Å²) in [5.41, 5.74) is 6.44. The first-order valence-electron chi connectivity index (χ1n) is 4.69. The highest BCUT2D eigenvalue weighted by Crippen LogP contribution is 2.23. The molecule has 17 heavy (non-hydrogen) atoms. The molecule has 3 N–H and O–H groups in total. The molecule has 0 saturated heterocycles. The van der Waals surface area contributed by atoms with Gasteiger partial charge in [-0.1, -0.05) is 6.07 Å². The van der Waals surface area contributed by atoms with E-state index in [4.69, 9.17) is 5.73 Å². The van der Waals surface area contributed by atoms with Gasteiger partial charge in [0.2, 0.25) is 0 Å². The molecule has 0 aliphatic heterocycles. The molecule has 0 aliphatic rings. The summed E-state index contributed by atoms with van der Waals surface area (Å²) in [7, 11) is -3.55. The van der Waals surface area contributed by atoms with Gasteiger partial charge in [-0.15, -0.1) is 0 Å². The Morgan fingerprint density at radius 3 is 2.53 bits per heavy atom. The number of nitrogen functional groups attached to an aromatic ring is 1. The van der Waals surface area contributed by atoms with Crippen LogP contribution in [0.1, 0.15) is 0 Å². The van der Waals surface area contributed by atoms with Gasteiger partial charge in [0.25, 0.3) is 0 Å². The number of sulfone groups is 1. The molecule has 0 bridgehead atoms. The fraction of sp³-hybridized carbons (Fsp3) is 0.100. The molecule has 0 radical (unpaired) electrons. The summed E-state index contributed by atoms with van der Waals surface area (Å²) >= 11 is 0. The predicted molar refractivity (Wildman–Crippen MR) is 61.5 cm³/mol. The lowest BCUT2D eigenvalue weighted by molar-refractivity contribution is 0.571. The Bertz CT molecular complexity index is 664. The van der Waals surface area contributed by atoms with Crippen LogP contribution in [0.4, 0.5) is 10.2 Å². The molecule has 0 spiro atoms. The van der Waals surface area contributed by atoms with Gasteiger partial charge in [0.05, 0.1) is 5.69 Å². The fourth-order valence-corrected chi connectivity index (χ4v) is 2.18. The lowest BCUT2D eigenvalue weighted by Crippen LogP contribution is -2.00. The van der Waals surface area contributed by atoms with Crippen LogP contribution in [0.25, 0.3) is 11.3 Å². The molecule has 1 aromatic heterocycles. The van der Waals surface area contributed by atoms with E-state index in [9.17, 15) is 12.8 Å². The van der Waals surface area contributed by atoms with Crippen molar-refractivity contribution in [3.63, 3.8) is 0 Å². The van der Waals surface area contributed by atoms with Crippen molar-refractivity contribution in [2.75, 3.05) is 12.0 Å². The summed E-state index contributed by atoms with van der Waals surface area (Å²) in [6.07, 6.45) is 0.958. The molecule has 1 aromatic carbocycles.